The summed E-state index contributed by atoms with van der Waals surface area (Å²) in [7, 11) is 0. The van der Waals surface area contributed by atoms with Crippen molar-refractivity contribution in [3.8, 4) is 11.5 Å². The second-order valence-corrected chi connectivity index (χ2v) is 10.2. The molecule has 0 N–H and O–H groups in total. The van der Waals surface area contributed by atoms with E-state index in [1.807, 2.05) is 0 Å². The Hall–Kier alpha value is -2.22. The van der Waals surface area contributed by atoms with Crippen molar-refractivity contribution in [1.82, 2.24) is 0 Å². The van der Waals surface area contributed by atoms with Crippen LogP contribution in [0, 0.1) is 5.92 Å². The Morgan fingerprint density at radius 3 is 1.74 bits per heavy atom. The first-order valence-electron chi connectivity index (χ1n) is 13.9. The molecule has 186 valence electrons. The average molecular weight is 463 g/mol. The summed E-state index contributed by atoms with van der Waals surface area (Å²) < 4.78 is 13.0. The molecular formula is C32H46O2. The van der Waals surface area contributed by atoms with E-state index < -0.39 is 0 Å². The van der Waals surface area contributed by atoms with Gasteiger partial charge in [0.25, 0.3) is 0 Å². The largest absolute Gasteiger partial charge is 0.492 e. The zero-order valence-corrected chi connectivity index (χ0v) is 22.1. The van der Waals surface area contributed by atoms with Crippen molar-refractivity contribution in [2.45, 2.75) is 98.3 Å². The zero-order chi connectivity index (χ0) is 24.2. The summed E-state index contributed by atoms with van der Waals surface area (Å²) in [5.74, 6) is 2.81. The minimum atomic E-state index is 0.749. The summed E-state index contributed by atoms with van der Waals surface area (Å²) in [6.45, 7) is 10.7. The lowest BCUT2D eigenvalue weighted by atomic mass is 9.96. The molecule has 0 aromatic heterocycles. The van der Waals surface area contributed by atoms with E-state index in [0.717, 1.165) is 49.9 Å². The molecule has 0 radical (unpaired) electrons. The maximum Gasteiger partial charge on any atom is 0.135 e. The van der Waals surface area contributed by atoms with Crippen molar-refractivity contribution in [2.24, 2.45) is 5.92 Å². The third-order valence-electron chi connectivity index (χ3n) is 6.73. The SMILES string of the molecule is CCCCCCOc1c2ccccc2c(OCCCCCC)c2cc(CCCC(C)C)ccc12. The molecule has 0 aliphatic carbocycles. The highest BCUT2D eigenvalue weighted by Crippen LogP contribution is 2.43. The van der Waals surface area contributed by atoms with Crippen LogP contribution in [0.4, 0.5) is 0 Å². The maximum absolute atomic E-state index is 6.53. The monoisotopic (exact) mass is 462 g/mol. The second kappa shape index (κ2) is 14.2. The minimum absolute atomic E-state index is 0.749. The van der Waals surface area contributed by atoms with Gasteiger partial charge < -0.3 is 9.47 Å². The predicted octanol–water partition coefficient (Wildman–Crippen LogP) is 9.89. The van der Waals surface area contributed by atoms with Crippen LogP contribution in [0.2, 0.25) is 0 Å². The fourth-order valence-electron chi connectivity index (χ4n) is 4.73. The van der Waals surface area contributed by atoms with Gasteiger partial charge in [0.1, 0.15) is 11.5 Å². The summed E-state index contributed by atoms with van der Waals surface area (Å²) in [6.07, 6.45) is 13.3. The first kappa shape index (κ1) is 26.4. The van der Waals surface area contributed by atoms with Gasteiger partial charge in [0.05, 0.1) is 13.2 Å². The molecule has 0 atom stereocenters. The van der Waals surface area contributed by atoms with Crippen molar-refractivity contribution in [1.29, 1.82) is 0 Å². The number of hydrogen-bond acceptors (Lipinski definition) is 2. The van der Waals surface area contributed by atoms with E-state index in [-0.39, 0.29) is 0 Å². The minimum Gasteiger partial charge on any atom is -0.492 e. The van der Waals surface area contributed by atoms with Crippen LogP contribution in [0.5, 0.6) is 11.5 Å². The highest BCUT2D eigenvalue weighted by molar-refractivity contribution is 6.11. The molecule has 0 saturated carbocycles. The summed E-state index contributed by atoms with van der Waals surface area (Å²) in [5, 5.41) is 4.74. The Kier molecular flexibility index (Phi) is 11.1. The fourth-order valence-corrected chi connectivity index (χ4v) is 4.73. The van der Waals surface area contributed by atoms with Gasteiger partial charge in [-0.25, -0.2) is 0 Å². The van der Waals surface area contributed by atoms with Crippen LogP contribution in [0.1, 0.15) is 97.5 Å². The molecular weight excluding hydrogens is 416 g/mol. The van der Waals surface area contributed by atoms with Gasteiger partial charge in [0.15, 0.2) is 0 Å². The molecule has 2 heteroatoms. The second-order valence-electron chi connectivity index (χ2n) is 10.2. The van der Waals surface area contributed by atoms with E-state index in [4.69, 9.17) is 9.47 Å². The average Bonchev–Trinajstić information content (AvgIpc) is 2.84. The molecule has 3 rings (SSSR count). The van der Waals surface area contributed by atoms with E-state index in [1.54, 1.807) is 0 Å². The third kappa shape index (κ3) is 7.39. The van der Waals surface area contributed by atoms with Gasteiger partial charge in [-0.2, -0.15) is 0 Å². The molecule has 2 nitrogen and oxygen atoms in total. The number of ether oxygens (including phenoxy) is 2. The summed E-state index contributed by atoms with van der Waals surface area (Å²) in [6, 6.07) is 15.6. The number of hydrogen-bond donors (Lipinski definition) is 0. The number of rotatable bonds is 16. The molecule has 0 aliphatic heterocycles. The van der Waals surface area contributed by atoms with Crippen molar-refractivity contribution in [3.63, 3.8) is 0 Å². The molecule has 0 bridgehead atoms. The molecule has 0 saturated heterocycles. The number of aryl methyl sites for hydroxylation is 1. The lowest BCUT2D eigenvalue weighted by Gasteiger charge is -2.19. The lowest BCUT2D eigenvalue weighted by Crippen LogP contribution is -2.03. The Balaban J connectivity index is 1.97. The zero-order valence-electron chi connectivity index (χ0n) is 22.1. The standard InChI is InChI=1S/C32H46O2/c1-5-7-9-13-22-33-31-27-18-11-12-19-28(27)32(34-23-14-10-8-6-2)30-24-26(20-21-29(30)31)17-15-16-25(3)4/h11-12,18-21,24-25H,5-10,13-17,22-23H2,1-4H3. The third-order valence-corrected chi connectivity index (χ3v) is 6.73. The molecule has 34 heavy (non-hydrogen) atoms. The van der Waals surface area contributed by atoms with E-state index in [1.165, 1.54) is 78.5 Å². The number of benzene rings is 3. The highest BCUT2D eigenvalue weighted by atomic mass is 16.5. The van der Waals surface area contributed by atoms with E-state index in [9.17, 15) is 0 Å². The molecule has 0 amide bonds. The Bertz CT molecular complexity index is 1000. The molecule has 0 unspecified atom stereocenters. The van der Waals surface area contributed by atoms with Crippen molar-refractivity contribution >= 4 is 21.5 Å². The lowest BCUT2D eigenvalue weighted by molar-refractivity contribution is 0.307. The molecule has 0 spiro atoms. The smallest absolute Gasteiger partial charge is 0.135 e. The van der Waals surface area contributed by atoms with E-state index >= 15 is 0 Å². The van der Waals surface area contributed by atoms with Gasteiger partial charge in [-0.3, -0.25) is 0 Å². The van der Waals surface area contributed by atoms with Gasteiger partial charge in [0.2, 0.25) is 0 Å². The van der Waals surface area contributed by atoms with Gasteiger partial charge in [0, 0.05) is 21.5 Å². The Labute approximate surface area is 208 Å². The highest BCUT2D eigenvalue weighted by Gasteiger charge is 2.17. The van der Waals surface area contributed by atoms with Crippen molar-refractivity contribution < 1.29 is 9.47 Å². The quantitative estimate of drug-likeness (QED) is 0.156. The van der Waals surface area contributed by atoms with Gasteiger partial charge in [-0.1, -0.05) is 109 Å². The molecule has 0 fully saturated rings. The van der Waals surface area contributed by atoms with Crippen LogP contribution in [-0.4, -0.2) is 13.2 Å². The molecule has 3 aromatic carbocycles. The van der Waals surface area contributed by atoms with Gasteiger partial charge in [-0.05, 0) is 43.2 Å². The first-order chi connectivity index (χ1) is 16.7. The van der Waals surface area contributed by atoms with Crippen LogP contribution >= 0.6 is 0 Å². The number of unbranched alkanes of at least 4 members (excludes halogenated alkanes) is 6. The van der Waals surface area contributed by atoms with Gasteiger partial charge in [-0.15, -0.1) is 0 Å². The molecule has 0 heterocycles. The maximum atomic E-state index is 6.53. The van der Waals surface area contributed by atoms with Crippen LogP contribution in [0.25, 0.3) is 21.5 Å². The molecule has 3 aromatic rings. The van der Waals surface area contributed by atoms with Crippen molar-refractivity contribution in [2.75, 3.05) is 13.2 Å². The first-order valence-corrected chi connectivity index (χ1v) is 13.9. The van der Waals surface area contributed by atoms with Crippen molar-refractivity contribution in [3.05, 3.63) is 48.0 Å². The van der Waals surface area contributed by atoms with E-state index in [2.05, 4.69) is 70.2 Å². The van der Waals surface area contributed by atoms with Crippen LogP contribution in [-0.2, 0) is 6.42 Å². The van der Waals surface area contributed by atoms with Crippen LogP contribution in [0.3, 0.4) is 0 Å². The van der Waals surface area contributed by atoms with Crippen LogP contribution in [0.15, 0.2) is 42.5 Å². The molecule has 0 aliphatic rings. The predicted molar refractivity (Wildman–Crippen MR) is 149 cm³/mol. The fraction of sp³-hybridized carbons (Fsp3) is 0.562. The summed E-state index contributed by atoms with van der Waals surface area (Å²) in [4.78, 5) is 0. The van der Waals surface area contributed by atoms with Crippen LogP contribution < -0.4 is 9.47 Å². The normalized spacial score (nSPS) is 11.6. The Morgan fingerprint density at radius 2 is 1.18 bits per heavy atom. The van der Waals surface area contributed by atoms with E-state index in [0.29, 0.717) is 0 Å². The van der Waals surface area contributed by atoms with Gasteiger partial charge >= 0.3 is 0 Å². The number of fused-ring (bicyclic) bond motifs is 2. The topological polar surface area (TPSA) is 18.5 Å². The summed E-state index contributed by atoms with van der Waals surface area (Å²) >= 11 is 0. The Morgan fingerprint density at radius 1 is 0.618 bits per heavy atom. The summed E-state index contributed by atoms with van der Waals surface area (Å²) in [5.41, 5.74) is 1.40.